The summed E-state index contributed by atoms with van der Waals surface area (Å²) in [6.45, 7) is 0. The van der Waals surface area contributed by atoms with E-state index in [1.165, 1.54) is 6.07 Å². The summed E-state index contributed by atoms with van der Waals surface area (Å²) in [6, 6.07) is 10.2. The Morgan fingerprint density at radius 3 is 2.85 bits per heavy atom. The van der Waals surface area contributed by atoms with Crippen LogP contribution in [-0.4, -0.2) is 15.7 Å². The predicted molar refractivity (Wildman–Crippen MR) is 73.6 cm³/mol. The van der Waals surface area contributed by atoms with Crippen LogP contribution in [0.2, 0.25) is 0 Å². The smallest absolute Gasteiger partial charge is 0.349 e. The van der Waals surface area contributed by atoms with Gasteiger partial charge in [0.1, 0.15) is 11.1 Å². The van der Waals surface area contributed by atoms with Crippen molar-refractivity contribution in [2.24, 2.45) is 7.05 Å². The van der Waals surface area contributed by atoms with Gasteiger partial charge in [0.25, 0.3) is 5.91 Å². The van der Waals surface area contributed by atoms with E-state index >= 15 is 0 Å². The molecule has 100 valence electrons. The number of aryl methyl sites for hydroxylation is 1. The van der Waals surface area contributed by atoms with Crippen molar-refractivity contribution in [1.29, 1.82) is 0 Å². The predicted octanol–water partition coefficient (Wildman–Crippen LogP) is 1.78. The van der Waals surface area contributed by atoms with Crippen LogP contribution in [-0.2, 0) is 7.05 Å². The van der Waals surface area contributed by atoms with Crippen molar-refractivity contribution in [2.45, 2.75) is 0 Å². The third-order valence-electron chi connectivity index (χ3n) is 2.84. The van der Waals surface area contributed by atoms with E-state index in [0.717, 1.165) is 0 Å². The number of aromatic nitrogens is 2. The minimum Gasteiger partial charge on any atom is -0.422 e. The van der Waals surface area contributed by atoms with Crippen LogP contribution in [0.1, 0.15) is 10.4 Å². The van der Waals surface area contributed by atoms with Gasteiger partial charge in [-0.25, -0.2) is 4.79 Å². The first-order chi connectivity index (χ1) is 9.63. The third kappa shape index (κ3) is 2.18. The number of fused-ring (bicyclic) bond motifs is 1. The summed E-state index contributed by atoms with van der Waals surface area (Å²) in [5, 5.41) is 7.27. The first-order valence-electron chi connectivity index (χ1n) is 5.97. The number of nitrogens with zero attached hydrogens (tertiary/aromatic N) is 2. The molecule has 6 nitrogen and oxygen atoms in total. The second kappa shape index (κ2) is 4.65. The van der Waals surface area contributed by atoms with Crippen LogP contribution < -0.4 is 10.9 Å². The van der Waals surface area contributed by atoms with Crippen molar-refractivity contribution in [3.63, 3.8) is 0 Å². The van der Waals surface area contributed by atoms with Crippen LogP contribution in [0.15, 0.2) is 51.8 Å². The molecule has 0 radical (unpaired) electrons. The van der Waals surface area contributed by atoms with Crippen LogP contribution in [0.3, 0.4) is 0 Å². The molecule has 20 heavy (non-hydrogen) atoms. The van der Waals surface area contributed by atoms with E-state index in [2.05, 4.69) is 10.4 Å². The average Bonchev–Trinajstić information content (AvgIpc) is 2.83. The summed E-state index contributed by atoms with van der Waals surface area (Å²) in [5.74, 6) is -0.159. The van der Waals surface area contributed by atoms with E-state index in [4.69, 9.17) is 4.42 Å². The largest absolute Gasteiger partial charge is 0.422 e. The highest BCUT2D eigenvalue weighted by Crippen LogP contribution is 2.13. The molecule has 6 heteroatoms. The van der Waals surface area contributed by atoms with Crippen molar-refractivity contribution in [3.8, 4) is 0 Å². The molecule has 1 N–H and O–H groups in total. The number of benzene rings is 1. The summed E-state index contributed by atoms with van der Waals surface area (Å²) in [4.78, 5) is 23.9. The van der Waals surface area contributed by atoms with Gasteiger partial charge >= 0.3 is 5.63 Å². The molecular weight excluding hydrogens is 258 g/mol. The lowest BCUT2D eigenvalue weighted by molar-refractivity contribution is 0.102. The van der Waals surface area contributed by atoms with Crippen LogP contribution >= 0.6 is 0 Å². The molecule has 1 amide bonds. The summed E-state index contributed by atoms with van der Waals surface area (Å²) < 4.78 is 6.67. The minimum absolute atomic E-state index is 0.0469. The van der Waals surface area contributed by atoms with E-state index in [0.29, 0.717) is 16.8 Å². The normalized spacial score (nSPS) is 10.7. The molecule has 0 aliphatic heterocycles. The highest BCUT2D eigenvalue weighted by atomic mass is 16.4. The lowest BCUT2D eigenvalue weighted by Crippen LogP contribution is -2.20. The molecule has 2 heterocycles. The van der Waals surface area contributed by atoms with E-state index in [1.807, 2.05) is 6.07 Å². The van der Waals surface area contributed by atoms with Crippen LogP contribution in [0.5, 0.6) is 0 Å². The number of anilines is 1. The molecule has 3 aromatic rings. The van der Waals surface area contributed by atoms with Crippen molar-refractivity contribution >= 4 is 22.7 Å². The zero-order chi connectivity index (χ0) is 14.1. The van der Waals surface area contributed by atoms with Gasteiger partial charge in [-0.15, -0.1) is 0 Å². The number of hydrogen-bond acceptors (Lipinski definition) is 4. The maximum atomic E-state index is 12.1. The quantitative estimate of drug-likeness (QED) is 0.719. The standard InChI is InChI=1S/C14H11N3O3/c1-17-7-6-12(16-17)15-13(18)10-8-9-4-2-3-5-11(9)20-14(10)19/h2-8H,1H3,(H,15,16,18). The fraction of sp³-hybridized carbons (Fsp3) is 0.0714. The number of carbonyl (C=O) groups is 1. The van der Waals surface area contributed by atoms with Crippen molar-refractivity contribution in [1.82, 2.24) is 9.78 Å². The van der Waals surface area contributed by atoms with Crippen molar-refractivity contribution in [2.75, 3.05) is 5.32 Å². The van der Waals surface area contributed by atoms with Gasteiger partial charge in [0, 0.05) is 24.7 Å². The molecular formula is C14H11N3O3. The van der Waals surface area contributed by atoms with Crippen LogP contribution in [0.4, 0.5) is 5.82 Å². The number of carbonyl (C=O) groups excluding carboxylic acids is 1. The molecule has 0 atom stereocenters. The van der Waals surface area contributed by atoms with Gasteiger partial charge in [0.2, 0.25) is 0 Å². The lowest BCUT2D eigenvalue weighted by atomic mass is 10.2. The maximum absolute atomic E-state index is 12.1. The van der Waals surface area contributed by atoms with Gasteiger partial charge < -0.3 is 9.73 Å². The van der Waals surface area contributed by atoms with E-state index in [-0.39, 0.29) is 5.56 Å². The van der Waals surface area contributed by atoms with Crippen LogP contribution in [0, 0.1) is 0 Å². The lowest BCUT2D eigenvalue weighted by Gasteiger charge is -2.02. The van der Waals surface area contributed by atoms with Gasteiger partial charge in [0.15, 0.2) is 5.82 Å². The molecule has 3 rings (SSSR count). The summed E-state index contributed by atoms with van der Waals surface area (Å²) >= 11 is 0. The molecule has 0 spiro atoms. The van der Waals surface area contributed by atoms with Gasteiger partial charge in [-0.1, -0.05) is 18.2 Å². The minimum atomic E-state index is -0.669. The summed E-state index contributed by atoms with van der Waals surface area (Å²) in [7, 11) is 1.74. The summed E-state index contributed by atoms with van der Waals surface area (Å²) in [5.41, 5.74) is -0.265. The Morgan fingerprint density at radius 1 is 1.30 bits per heavy atom. The topological polar surface area (TPSA) is 77.1 Å². The Balaban J connectivity index is 1.98. The van der Waals surface area contributed by atoms with E-state index in [9.17, 15) is 9.59 Å². The first-order valence-corrected chi connectivity index (χ1v) is 5.97. The number of rotatable bonds is 2. The molecule has 0 saturated heterocycles. The number of amides is 1. The molecule has 0 saturated carbocycles. The third-order valence-corrected chi connectivity index (χ3v) is 2.84. The monoisotopic (exact) mass is 269 g/mol. The first kappa shape index (κ1) is 12.2. The zero-order valence-electron chi connectivity index (χ0n) is 10.7. The Kier molecular flexibility index (Phi) is 2.83. The second-order valence-electron chi connectivity index (χ2n) is 4.31. The number of hydrogen-bond donors (Lipinski definition) is 1. The highest BCUT2D eigenvalue weighted by Gasteiger charge is 2.14. The van der Waals surface area contributed by atoms with E-state index in [1.54, 1.807) is 42.2 Å². The fourth-order valence-electron chi connectivity index (χ4n) is 1.89. The van der Waals surface area contributed by atoms with Gasteiger partial charge in [-0.3, -0.25) is 9.48 Å². The zero-order valence-corrected chi connectivity index (χ0v) is 10.7. The van der Waals surface area contributed by atoms with Gasteiger partial charge in [-0.05, 0) is 12.1 Å². The molecule has 2 aromatic heterocycles. The van der Waals surface area contributed by atoms with Crippen molar-refractivity contribution in [3.05, 3.63) is 58.6 Å². The molecule has 0 aliphatic rings. The molecule has 0 bridgehead atoms. The molecule has 0 unspecified atom stereocenters. The Morgan fingerprint density at radius 2 is 2.10 bits per heavy atom. The molecule has 0 aliphatic carbocycles. The van der Waals surface area contributed by atoms with Crippen molar-refractivity contribution < 1.29 is 9.21 Å². The molecule has 0 fully saturated rings. The fourth-order valence-corrected chi connectivity index (χ4v) is 1.89. The number of nitrogens with one attached hydrogen (secondary N) is 1. The number of para-hydroxylation sites is 1. The maximum Gasteiger partial charge on any atom is 0.349 e. The van der Waals surface area contributed by atoms with Crippen LogP contribution in [0.25, 0.3) is 11.0 Å². The SMILES string of the molecule is Cn1ccc(NC(=O)c2cc3ccccc3oc2=O)n1. The van der Waals surface area contributed by atoms with Gasteiger partial charge in [-0.2, -0.15) is 5.10 Å². The summed E-state index contributed by atoms with van der Waals surface area (Å²) in [6.07, 6.45) is 1.69. The molecule has 1 aromatic carbocycles. The Labute approximate surface area is 113 Å². The Hall–Kier alpha value is -2.89. The van der Waals surface area contributed by atoms with E-state index < -0.39 is 11.5 Å². The average molecular weight is 269 g/mol. The van der Waals surface area contributed by atoms with Gasteiger partial charge in [0.05, 0.1) is 0 Å². The highest BCUT2D eigenvalue weighted by molar-refractivity contribution is 6.04. The Bertz CT molecular complexity index is 848. The second-order valence-corrected chi connectivity index (χ2v) is 4.31.